The number of nitrogens with two attached hydrogens (primary N) is 1. The van der Waals surface area contributed by atoms with Crippen LogP contribution in [0.25, 0.3) is 0 Å². The van der Waals surface area contributed by atoms with Crippen molar-refractivity contribution >= 4 is 30.3 Å². The van der Waals surface area contributed by atoms with E-state index in [1.807, 2.05) is 6.07 Å². The Morgan fingerprint density at radius 2 is 1.74 bits per heavy atom. The Morgan fingerprint density at radius 1 is 1.19 bits per heavy atom. The van der Waals surface area contributed by atoms with E-state index in [4.69, 9.17) is 15.3 Å². The van der Waals surface area contributed by atoms with Gasteiger partial charge in [0, 0.05) is 23.2 Å². The summed E-state index contributed by atoms with van der Waals surface area (Å²) >= 11 is 3.52. The molecule has 0 bridgehead atoms. The van der Waals surface area contributed by atoms with E-state index < -0.39 is 14.4 Å². The van der Waals surface area contributed by atoms with Crippen LogP contribution in [-0.4, -0.2) is 31.7 Å². The van der Waals surface area contributed by atoms with Crippen LogP contribution < -0.4 is 11.1 Å². The lowest BCUT2D eigenvalue weighted by atomic mass is 10.1. The summed E-state index contributed by atoms with van der Waals surface area (Å²) in [6.45, 7) is 18.1. The molecule has 0 radical (unpaired) electrons. The van der Waals surface area contributed by atoms with Crippen molar-refractivity contribution in [2.24, 2.45) is 5.73 Å². The van der Waals surface area contributed by atoms with Gasteiger partial charge in [-0.2, -0.15) is 0 Å². The quantitative estimate of drug-likeness (QED) is 0.504. The van der Waals surface area contributed by atoms with E-state index in [2.05, 4.69) is 67.2 Å². The van der Waals surface area contributed by atoms with Crippen LogP contribution in [0.5, 0.6) is 0 Å². The summed E-state index contributed by atoms with van der Waals surface area (Å²) < 4.78 is 7.32. The molecule has 156 valence electrons. The molecule has 27 heavy (non-hydrogen) atoms. The van der Waals surface area contributed by atoms with Crippen molar-refractivity contribution in [1.82, 2.24) is 5.32 Å². The third kappa shape index (κ3) is 10.9. The first-order valence-corrected chi connectivity index (χ1v) is 12.9. The molecule has 0 unspecified atom stereocenters. The minimum Gasteiger partial charge on any atom is -0.465 e. The van der Waals surface area contributed by atoms with E-state index in [0.717, 1.165) is 17.5 Å². The molecule has 0 saturated heterocycles. The Kier molecular flexibility index (Phi) is 10.2. The van der Waals surface area contributed by atoms with Crippen LogP contribution in [0.4, 0.5) is 4.79 Å². The van der Waals surface area contributed by atoms with Gasteiger partial charge in [0.05, 0.1) is 0 Å². The average molecular weight is 462 g/mol. The Bertz CT molecular complexity index is 608. The SMILES string of the molecule is CC(C)(C)NC(=O)O.CC(C)(C)[Si](C)(C)OCCc1cc(Br)ccc1CN. The van der Waals surface area contributed by atoms with Crippen molar-refractivity contribution in [2.45, 2.75) is 78.2 Å². The smallest absolute Gasteiger partial charge is 0.405 e. The standard InChI is InChI=1S/C15H26BrNOSi.C5H11NO2/c1-15(2,3)19(4,5)18-9-8-12-10-14(16)7-6-13(12)11-17;1-5(2,3)6-4(7)8/h6-7,10H,8-9,11,17H2,1-5H3;6H,1-3H3,(H,7,8). The second kappa shape index (κ2) is 10.6. The van der Waals surface area contributed by atoms with Crippen LogP contribution in [-0.2, 0) is 17.4 Å². The van der Waals surface area contributed by atoms with E-state index in [-0.39, 0.29) is 10.6 Å². The van der Waals surface area contributed by atoms with Crippen LogP contribution >= 0.6 is 15.9 Å². The molecule has 0 heterocycles. The van der Waals surface area contributed by atoms with Crippen molar-refractivity contribution in [3.05, 3.63) is 33.8 Å². The third-order valence-corrected chi connectivity index (χ3v) is 9.54. The summed E-state index contributed by atoms with van der Waals surface area (Å²) in [5.41, 5.74) is 7.95. The normalized spacial score (nSPS) is 12.2. The molecule has 0 aliphatic heterocycles. The molecule has 4 N–H and O–H groups in total. The number of nitrogens with one attached hydrogen (secondary N) is 1. The highest BCUT2D eigenvalue weighted by atomic mass is 79.9. The van der Waals surface area contributed by atoms with Crippen LogP contribution in [0.15, 0.2) is 22.7 Å². The van der Waals surface area contributed by atoms with Gasteiger partial charge in [-0.1, -0.05) is 42.8 Å². The van der Waals surface area contributed by atoms with Crippen molar-refractivity contribution in [3.8, 4) is 0 Å². The number of carboxylic acid groups (broad SMARTS) is 1. The molecule has 0 aliphatic carbocycles. The van der Waals surface area contributed by atoms with Gasteiger partial charge in [-0.15, -0.1) is 0 Å². The number of benzene rings is 1. The maximum Gasteiger partial charge on any atom is 0.405 e. The first-order chi connectivity index (χ1) is 12.1. The fourth-order valence-electron chi connectivity index (χ4n) is 1.98. The lowest BCUT2D eigenvalue weighted by Gasteiger charge is -2.36. The highest BCUT2D eigenvalue weighted by Crippen LogP contribution is 2.36. The molecule has 0 spiro atoms. The Morgan fingerprint density at radius 3 is 2.11 bits per heavy atom. The van der Waals surface area contributed by atoms with Crippen LogP contribution in [0.2, 0.25) is 18.1 Å². The zero-order valence-corrected chi connectivity index (χ0v) is 20.7. The molecular weight excluding hydrogens is 424 g/mol. The summed E-state index contributed by atoms with van der Waals surface area (Å²) in [4.78, 5) is 9.90. The maximum atomic E-state index is 9.90. The largest absolute Gasteiger partial charge is 0.465 e. The average Bonchev–Trinajstić information content (AvgIpc) is 2.44. The summed E-state index contributed by atoms with van der Waals surface area (Å²) in [7, 11) is -1.64. The molecule has 1 aromatic carbocycles. The molecular formula is C20H37BrN2O3Si. The molecule has 7 heteroatoms. The van der Waals surface area contributed by atoms with E-state index in [0.29, 0.717) is 6.54 Å². The summed E-state index contributed by atoms with van der Waals surface area (Å²) in [5.74, 6) is 0. The lowest BCUT2D eigenvalue weighted by molar-refractivity contribution is 0.184. The van der Waals surface area contributed by atoms with Gasteiger partial charge in [-0.05, 0) is 68.6 Å². The first kappa shape index (κ1) is 26.1. The van der Waals surface area contributed by atoms with Gasteiger partial charge in [0.2, 0.25) is 0 Å². The van der Waals surface area contributed by atoms with E-state index in [1.54, 1.807) is 20.8 Å². The zero-order chi connectivity index (χ0) is 21.5. The summed E-state index contributed by atoms with van der Waals surface area (Å²) in [6, 6.07) is 6.28. The zero-order valence-electron chi connectivity index (χ0n) is 18.1. The molecule has 1 amide bonds. The van der Waals surface area contributed by atoms with Crippen LogP contribution in [0.3, 0.4) is 0 Å². The van der Waals surface area contributed by atoms with Crippen molar-refractivity contribution in [1.29, 1.82) is 0 Å². The van der Waals surface area contributed by atoms with Crippen molar-refractivity contribution in [2.75, 3.05) is 6.61 Å². The predicted molar refractivity (Wildman–Crippen MR) is 120 cm³/mol. The van der Waals surface area contributed by atoms with Gasteiger partial charge in [0.25, 0.3) is 0 Å². The lowest BCUT2D eigenvalue weighted by Crippen LogP contribution is -2.41. The molecule has 0 atom stereocenters. The highest BCUT2D eigenvalue weighted by molar-refractivity contribution is 9.10. The number of carbonyl (C=O) groups is 1. The number of hydrogen-bond donors (Lipinski definition) is 3. The highest BCUT2D eigenvalue weighted by Gasteiger charge is 2.36. The maximum absolute atomic E-state index is 9.90. The van der Waals surface area contributed by atoms with Gasteiger partial charge in [-0.25, -0.2) is 4.79 Å². The molecule has 1 aromatic rings. The molecule has 0 fully saturated rings. The fourth-order valence-corrected chi connectivity index (χ4v) is 3.43. The molecule has 0 aromatic heterocycles. The van der Waals surface area contributed by atoms with Gasteiger partial charge in [-0.3, -0.25) is 0 Å². The minimum absolute atomic E-state index is 0.265. The second-order valence-electron chi connectivity index (χ2n) is 9.16. The van der Waals surface area contributed by atoms with Gasteiger partial charge < -0.3 is 20.6 Å². The van der Waals surface area contributed by atoms with Crippen molar-refractivity contribution < 1.29 is 14.3 Å². The Hall–Kier alpha value is -0.893. The fraction of sp³-hybridized carbons (Fsp3) is 0.650. The van der Waals surface area contributed by atoms with Crippen LogP contribution in [0.1, 0.15) is 52.7 Å². The molecule has 5 nitrogen and oxygen atoms in total. The number of halogens is 1. The van der Waals surface area contributed by atoms with E-state index in [1.165, 1.54) is 11.1 Å². The molecule has 1 rings (SSSR count). The third-order valence-electron chi connectivity index (χ3n) is 4.51. The summed E-state index contributed by atoms with van der Waals surface area (Å²) in [6.07, 6.45) is -0.0455. The number of rotatable bonds is 5. The van der Waals surface area contributed by atoms with E-state index >= 15 is 0 Å². The topological polar surface area (TPSA) is 84.6 Å². The number of amides is 1. The van der Waals surface area contributed by atoms with Gasteiger partial charge >= 0.3 is 6.09 Å². The van der Waals surface area contributed by atoms with Gasteiger partial charge in [0.15, 0.2) is 8.32 Å². The van der Waals surface area contributed by atoms with Crippen molar-refractivity contribution in [3.63, 3.8) is 0 Å². The van der Waals surface area contributed by atoms with Gasteiger partial charge in [0.1, 0.15) is 0 Å². The molecule has 0 aliphatic rings. The van der Waals surface area contributed by atoms with Crippen LogP contribution in [0, 0.1) is 0 Å². The Balaban J connectivity index is 0.000000713. The minimum atomic E-state index is -1.64. The Labute approximate surface area is 174 Å². The first-order valence-electron chi connectivity index (χ1n) is 9.21. The number of hydrogen-bond acceptors (Lipinski definition) is 3. The predicted octanol–water partition coefficient (Wildman–Crippen LogP) is 5.52. The summed E-state index contributed by atoms with van der Waals surface area (Å²) in [5, 5.41) is 10.7. The monoisotopic (exact) mass is 460 g/mol. The molecule has 0 saturated carbocycles. The second-order valence-corrected chi connectivity index (χ2v) is 14.9. The van der Waals surface area contributed by atoms with E-state index in [9.17, 15) is 4.79 Å².